The molecule has 1 N–H and O–H groups in total. The highest BCUT2D eigenvalue weighted by Crippen LogP contribution is 2.17. The predicted molar refractivity (Wildman–Crippen MR) is 69.3 cm³/mol. The van der Waals surface area contributed by atoms with Gasteiger partial charge in [-0.3, -0.25) is 4.79 Å². The Hall–Kier alpha value is -1.51. The van der Waals surface area contributed by atoms with Crippen LogP contribution in [0.25, 0.3) is 0 Å². The van der Waals surface area contributed by atoms with Crippen molar-refractivity contribution in [1.29, 1.82) is 0 Å². The number of carbonyl (C=O) groups is 1. The molecule has 1 amide bonds. The fraction of sp³-hybridized carbons (Fsp3) is 0.500. The van der Waals surface area contributed by atoms with E-state index in [2.05, 4.69) is 11.4 Å². The van der Waals surface area contributed by atoms with Gasteiger partial charge in [-0.25, -0.2) is 0 Å². The number of amides is 1. The quantitative estimate of drug-likeness (QED) is 0.852. The van der Waals surface area contributed by atoms with E-state index < -0.39 is 6.10 Å². The zero-order chi connectivity index (χ0) is 12.8. The molecule has 0 aliphatic carbocycles. The van der Waals surface area contributed by atoms with E-state index in [1.165, 1.54) is 0 Å². The van der Waals surface area contributed by atoms with Gasteiger partial charge in [0.1, 0.15) is 5.75 Å². The van der Waals surface area contributed by atoms with E-state index in [0.29, 0.717) is 6.54 Å². The normalized spacial score (nSPS) is 12.0. The van der Waals surface area contributed by atoms with Gasteiger partial charge in [0.15, 0.2) is 6.10 Å². The SMILES string of the molecule is CCCNC(=O)[C@@H](C)Oc1cc(C)cc(C)c1. The molecule has 0 aromatic heterocycles. The van der Waals surface area contributed by atoms with Crippen LogP contribution in [0.15, 0.2) is 18.2 Å². The lowest BCUT2D eigenvalue weighted by molar-refractivity contribution is -0.127. The van der Waals surface area contributed by atoms with E-state index in [1.807, 2.05) is 32.9 Å². The Bertz CT molecular complexity index is 368. The Labute approximate surface area is 103 Å². The van der Waals surface area contributed by atoms with Crippen LogP contribution >= 0.6 is 0 Å². The minimum Gasteiger partial charge on any atom is -0.481 e. The number of carbonyl (C=O) groups excluding carboxylic acids is 1. The highest BCUT2D eigenvalue weighted by molar-refractivity contribution is 5.80. The summed E-state index contributed by atoms with van der Waals surface area (Å²) in [6.45, 7) is 8.52. The smallest absolute Gasteiger partial charge is 0.260 e. The maximum atomic E-state index is 11.6. The van der Waals surface area contributed by atoms with Gasteiger partial charge in [0.25, 0.3) is 5.91 Å². The molecule has 3 heteroatoms. The van der Waals surface area contributed by atoms with E-state index in [-0.39, 0.29) is 5.91 Å². The van der Waals surface area contributed by atoms with Gasteiger partial charge in [-0.15, -0.1) is 0 Å². The van der Waals surface area contributed by atoms with Crippen molar-refractivity contribution >= 4 is 5.91 Å². The van der Waals surface area contributed by atoms with E-state index in [0.717, 1.165) is 23.3 Å². The van der Waals surface area contributed by atoms with Gasteiger partial charge in [0.2, 0.25) is 0 Å². The molecule has 0 saturated carbocycles. The number of aryl methyl sites for hydroxylation is 2. The van der Waals surface area contributed by atoms with Crippen molar-refractivity contribution in [3.05, 3.63) is 29.3 Å². The lowest BCUT2D eigenvalue weighted by Gasteiger charge is -2.15. The highest BCUT2D eigenvalue weighted by atomic mass is 16.5. The third kappa shape index (κ3) is 4.47. The fourth-order valence-electron chi connectivity index (χ4n) is 1.65. The minimum absolute atomic E-state index is 0.0639. The first-order valence-corrected chi connectivity index (χ1v) is 6.05. The van der Waals surface area contributed by atoms with Crippen LogP contribution in [0.3, 0.4) is 0 Å². The highest BCUT2D eigenvalue weighted by Gasteiger charge is 2.13. The molecule has 0 aliphatic heterocycles. The third-order valence-corrected chi connectivity index (χ3v) is 2.43. The lowest BCUT2D eigenvalue weighted by Crippen LogP contribution is -2.36. The summed E-state index contributed by atoms with van der Waals surface area (Å²) in [5, 5.41) is 2.82. The van der Waals surface area contributed by atoms with Crippen LogP contribution in [0, 0.1) is 13.8 Å². The molecule has 17 heavy (non-hydrogen) atoms. The maximum absolute atomic E-state index is 11.6. The molecule has 3 nitrogen and oxygen atoms in total. The number of hydrogen-bond donors (Lipinski definition) is 1. The van der Waals surface area contributed by atoms with Crippen molar-refractivity contribution in [2.45, 2.75) is 40.2 Å². The van der Waals surface area contributed by atoms with Gasteiger partial charge in [0.05, 0.1) is 0 Å². The summed E-state index contributed by atoms with van der Waals surface area (Å²) >= 11 is 0. The maximum Gasteiger partial charge on any atom is 0.260 e. The zero-order valence-corrected chi connectivity index (χ0v) is 11.0. The summed E-state index contributed by atoms with van der Waals surface area (Å²) in [4.78, 5) is 11.6. The summed E-state index contributed by atoms with van der Waals surface area (Å²) in [5.74, 6) is 0.688. The fourth-order valence-corrected chi connectivity index (χ4v) is 1.65. The van der Waals surface area contributed by atoms with Crippen molar-refractivity contribution < 1.29 is 9.53 Å². The first-order valence-electron chi connectivity index (χ1n) is 6.05. The molecular formula is C14H21NO2. The largest absolute Gasteiger partial charge is 0.481 e. The summed E-state index contributed by atoms with van der Waals surface area (Å²) in [6.07, 6.45) is 0.477. The van der Waals surface area contributed by atoms with E-state index >= 15 is 0 Å². The minimum atomic E-state index is -0.456. The molecule has 1 aromatic rings. The van der Waals surface area contributed by atoms with Crippen molar-refractivity contribution in [2.75, 3.05) is 6.54 Å². The van der Waals surface area contributed by atoms with E-state index in [1.54, 1.807) is 6.92 Å². The molecule has 1 aromatic carbocycles. The summed E-state index contributed by atoms with van der Waals surface area (Å²) in [6, 6.07) is 5.96. The van der Waals surface area contributed by atoms with E-state index in [4.69, 9.17) is 4.74 Å². The van der Waals surface area contributed by atoms with Crippen molar-refractivity contribution in [3.63, 3.8) is 0 Å². The first kappa shape index (κ1) is 13.6. The van der Waals surface area contributed by atoms with Gasteiger partial charge >= 0.3 is 0 Å². The van der Waals surface area contributed by atoms with Gasteiger partial charge in [-0.1, -0.05) is 13.0 Å². The lowest BCUT2D eigenvalue weighted by atomic mass is 10.1. The first-order chi connectivity index (χ1) is 8.02. The number of benzene rings is 1. The molecule has 0 bridgehead atoms. The van der Waals surface area contributed by atoms with Crippen LogP contribution in [0.5, 0.6) is 5.75 Å². The second-order valence-electron chi connectivity index (χ2n) is 4.37. The molecule has 0 aliphatic rings. The summed E-state index contributed by atoms with van der Waals surface area (Å²) in [5.41, 5.74) is 2.28. The molecule has 94 valence electrons. The third-order valence-electron chi connectivity index (χ3n) is 2.43. The monoisotopic (exact) mass is 235 g/mol. The second kappa shape index (κ2) is 6.28. The number of hydrogen-bond acceptors (Lipinski definition) is 2. The Morgan fingerprint density at radius 2 is 1.88 bits per heavy atom. The van der Waals surface area contributed by atoms with Crippen LogP contribution in [-0.4, -0.2) is 18.6 Å². The topological polar surface area (TPSA) is 38.3 Å². The van der Waals surface area contributed by atoms with Crippen molar-refractivity contribution in [2.24, 2.45) is 0 Å². The van der Waals surface area contributed by atoms with E-state index in [9.17, 15) is 4.79 Å². The van der Waals surface area contributed by atoms with Crippen LogP contribution in [0.1, 0.15) is 31.4 Å². The van der Waals surface area contributed by atoms with Gasteiger partial charge in [-0.2, -0.15) is 0 Å². The molecule has 0 radical (unpaired) electrons. The average molecular weight is 235 g/mol. The van der Waals surface area contributed by atoms with Crippen LogP contribution in [-0.2, 0) is 4.79 Å². The van der Waals surface area contributed by atoms with Crippen LogP contribution in [0.4, 0.5) is 0 Å². The molecule has 0 unspecified atom stereocenters. The second-order valence-corrected chi connectivity index (χ2v) is 4.37. The molecule has 1 rings (SSSR count). The standard InChI is InChI=1S/C14H21NO2/c1-5-6-15-14(16)12(4)17-13-8-10(2)7-11(3)9-13/h7-9,12H,5-6H2,1-4H3,(H,15,16)/t12-/m1/s1. The van der Waals surface area contributed by atoms with Crippen LogP contribution < -0.4 is 10.1 Å². The van der Waals surface area contributed by atoms with Gasteiger partial charge < -0.3 is 10.1 Å². The predicted octanol–water partition coefficient (Wildman–Crippen LogP) is 2.60. The average Bonchev–Trinajstić information content (AvgIpc) is 2.24. The molecule has 0 spiro atoms. The van der Waals surface area contributed by atoms with Gasteiger partial charge in [-0.05, 0) is 50.5 Å². The zero-order valence-electron chi connectivity index (χ0n) is 11.0. The number of rotatable bonds is 5. The molecule has 0 saturated heterocycles. The summed E-state index contributed by atoms with van der Waals surface area (Å²) in [7, 11) is 0. The summed E-state index contributed by atoms with van der Waals surface area (Å²) < 4.78 is 5.62. The van der Waals surface area contributed by atoms with Crippen molar-refractivity contribution in [1.82, 2.24) is 5.32 Å². The molecular weight excluding hydrogens is 214 g/mol. The molecule has 0 fully saturated rings. The molecule has 1 atom stereocenters. The Morgan fingerprint density at radius 1 is 1.29 bits per heavy atom. The Kier molecular flexibility index (Phi) is 5.01. The molecule has 0 heterocycles. The van der Waals surface area contributed by atoms with Gasteiger partial charge in [0, 0.05) is 6.54 Å². The van der Waals surface area contributed by atoms with Crippen molar-refractivity contribution in [3.8, 4) is 5.75 Å². The van der Waals surface area contributed by atoms with Crippen LogP contribution in [0.2, 0.25) is 0 Å². The Morgan fingerprint density at radius 3 is 2.41 bits per heavy atom. The number of nitrogens with one attached hydrogen (secondary N) is 1. The Balaban J connectivity index is 2.60. The number of ether oxygens (including phenoxy) is 1.